The quantitative estimate of drug-likeness (QED) is 0.554. The fraction of sp³-hybridized carbons (Fsp3) is 0. The highest BCUT2D eigenvalue weighted by Gasteiger charge is 2.21. The number of halogens is 1. The molecule has 0 aliphatic rings. The zero-order valence-corrected chi connectivity index (χ0v) is 11.7. The molecule has 98 valence electrons. The molecule has 0 radical (unpaired) electrons. The Kier molecular flexibility index (Phi) is 3.42. The molecule has 4 nitrogen and oxygen atoms in total. The molecule has 20 heavy (non-hydrogen) atoms. The Bertz CT molecular complexity index is 836. The zero-order chi connectivity index (χ0) is 13.9. The van der Waals surface area contributed by atoms with Crippen LogP contribution >= 0.6 is 22.9 Å². The lowest BCUT2D eigenvalue weighted by atomic mass is 10.3. The predicted octanol–water partition coefficient (Wildman–Crippen LogP) is 2.36. The third-order valence-corrected chi connectivity index (χ3v) is 3.59. The van der Waals surface area contributed by atoms with E-state index in [1.165, 1.54) is 16.0 Å². The van der Waals surface area contributed by atoms with E-state index in [1.54, 1.807) is 24.3 Å². The summed E-state index contributed by atoms with van der Waals surface area (Å²) in [5, 5.41) is 5.07. The van der Waals surface area contributed by atoms with E-state index in [0.717, 1.165) is 10.6 Å². The summed E-state index contributed by atoms with van der Waals surface area (Å²) in [5.74, 6) is 5.76. The molecular weight excluding hydrogens is 296 g/mol. The molecule has 0 atom stereocenters. The molecule has 0 aliphatic heterocycles. The van der Waals surface area contributed by atoms with Gasteiger partial charge in [-0.3, -0.25) is 4.52 Å². The van der Waals surface area contributed by atoms with Crippen LogP contribution in [0.2, 0.25) is 5.02 Å². The first-order valence-corrected chi connectivity index (χ1v) is 6.95. The van der Waals surface area contributed by atoms with Crippen LogP contribution in [0.3, 0.4) is 0 Å². The lowest BCUT2D eigenvalue weighted by Gasteiger charge is -1.90. The van der Waals surface area contributed by atoms with Gasteiger partial charge in [-0.15, -0.1) is 11.3 Å². The fourth-order valence-corrected chi connectivity index (χ4v) is 2.32. The Hall–Kier alpha value is -2.29. The number of aromatic nitrogens is 2. The third-order valence-electron chi connectivity index (χ3n) is 2.56. The minimum atomic E-state index is -0.510. The van der Waals surface area contributed by atoms with Gasteiger partial charge in [-0.1, -0.05) is 17.7 Å². The summed E-state index contributed by atoms with van der Waals surface area (Å²) in [4.78, 5) is 12.6. The Labute approximate surface area is 123 Å². The van der Waals surface area contributed by atoms with Gasteiger partial charge in [0.1, 0.15) is 0 Å². The Morgan fingerprint density at radius 1 is 1.20 bits per heavy atom. The molecule has 0 bridgehead atoms. The van der Waals surface area contributed by atoms with Crippen LogP contribution in [0.25, 0.3) is 5.69 Å². The molecule has 1 aromatic carbocycles. The van der Waals surface area contributed by atoms with Crippen molar-refractivity contribution in [2.24, 2.45) is 0 Å². The highest BCUT2D eigenvalue weighted by Crippen LogP contribution is 2.09. The molecule has 3 aromatic rings. The van der Waals surface area contributed by atoms with E-state index in [0.29, 0.717) is 5.02 Å². The lowest BCUT2D eigenvalue weighted by Crippen LogP contribution is -2.37. The molecule has 0 amide bonds. The molecule has 0 spiro atoms. The van der Waals surface area contributed by atoms with Crippen molar-refractivity contribution in [1.29, 1.82) is 0 Å². The van der Waals surface area contributed by atoms with Crippen molar-refractivity contribution in [3.63, 3.8) is 0 Å². The maximum absolute atomic E-state index is 11.7. The summed E-state index contributed by atoms with van der Waals surface area (Å²) in [6, 6.07) is 10.8. The van der Waals surface area contributed by atoms with Gasteiger partial charge in [-0.2, -0.15) is 0 Å². The van der Waals surface area contributed by atoms with E-state index in [2.05, 4.69) is 17.1 Å². The minimum absolute atomic E-state index is 0.237. The Morgan fingerprint density at radius 2 is 2.00 bits per heavy atom. The van der Waals surface area contributed by atoms with E-state index in [-0.39, 0.29) is 5.69 Å². The van der Waals surface area contributed by atoms with Crippen molar-refractivity contribution in [2.75, 3.05) is 0 Å². The van der Waals surface area contributed by atoms with Gasteiger partial charge < -0.3 is 0 Å². The van der Waals surface area contributed by atoms with Crippen LogP contribution in [-0.2, 0) is 0 Å². The summed E-state index contributed by atoms with van der Waals surface area (Å²) in [7, 11) is 0. The van der Waals surface area contributed by atoms with Crippen LogP contribution in [-0.4, -0.2) is 5.27 Å². The van der Waals surface area contributed by atoms with Gasteiger partial charge in [0.25, 0.3) is 0 Å². The second kappa shape index (κ2) is 5.37. The summed E-state index contributed by atoms with van der Waals surface area (Å²) in [5.41, 5.74) is 0.445. The number of hydrogen-bond acceptors (Lipinski definition) is 3. The maximum atomic E-state index is 11.7. The van der Waals surface area contributed by atoms with Crippen molar-refractivity contribution in [1.82, 2.24) is 5.27 Å². The second-order valence-corrected chi connectivity index (χ2v) is 5.25. The van der Waals surface area contributed by atoms with Crippen molar-refractivity contribution in [3.05, 3.63) is 67.8 Å². The van der Waals surface area contributed by atoms with Crippen LogP contribution in [0.4, 0.5) is 0 Å². The highest BCUT2D eigenvalue weighted by molar-refractivity contribution is 7.10. The van der Waals surface area contributed by atoms with Gasteiger partial charge in [0.15, 0.2) is 0 Å². The topological polar surface area (TPSA) is 49.9 Å². The number of benzene rings is 1. The molecule has 0 fully saturated rings. The number of nitrogens with one attached hydrogen (secondary N) is 1. The third kappa shape index (κ3) is 2.52. The number of H-pyrrole nitrogens is 1. The Balaban J connectivity index is 2.06. The van der Waals surface area contributed by atoms with E-state index < -0.39 is 5.63 Å². The number of hydrogen-bond donors (Lipinski definition) is 1. The molecule has 3 rings (SSSR count). The SMILES string of the molecule is O=c1o[nH][n+](-c2ccc(Cl)cc2)c1C#Cc1cccs1. The molecule has 1 N–H and O–H groups in total. The van der Waals surface area contributed by atoms with E-state index in [4.69, 9.17) is 16.1 Å². The number of thiophene rings is 1. The van der Waals surface area contributed by atoms with Gasteiger partial charge in [0, 0.05) is 23.1 Å². The standard InChI is InChI=1S/C14H7ClN2O2S/c15-10-3-5-11(6-4-10)17-13(14(18)19-16-17)8-7-12-2-1-9-20-12/h1-6,9H/p+1. The number of rotatable bonds is 1. The molecule has 6 heteroatoms. The van der Waals surface area contributed by atoms with E-state index in [1.807, 2.05) is 17.5 Å². The summed E-state index contributed by atoms with van der Waals surface area (Å²) >= 11 is 7.35. The van der Waals surface area contributed by atoms with Crippen LogP contribution in [0.5, 0.6) is 0 Å². The van der Waals surface area contributed by atoms with Crippen LogP contribution in [0.15, 0.2) is 51.1 Å². The van der Waals surface area contributed by atoms with Crippen molar-refractivity contribution in [2.45, 2.75) is 0 Å². The van der Waals surface area contributed by atoms with Gasteiger partial charge >= 0.3 is 11.3 Å². The van der Waals surface area contributed by atoms with Gasteiger partial charge in [0.2, 0.25) is 5.69 Å². The Morgan fingerprint density at radius 3 is 2.70 bits per heavy atom. The normalized spacial score (nSPS) is 10.1. The van der Waals surface area contributed by atoms with Crippen molar-refractivity contribution < 1.29 is 9.20 Å². The molecule has 0 saturated heterocycles. The van der Waals surface area contributed by atoms with Crippen LogP contribution in [0, 0.1) is 11.8 Å². The molecule has 0 aliphatic carbocycles. The average molecular weight is 304 g/mol. The summed E-state index contributed by atoms with van der Waals surface area (Å²) in [6.45, 7) is 0. The summed E-state index contributed by atoms with van der Waals surface area (Å²) in [6.07, 6.45) is 0. The highest BCUT2D eigenvalue weighted by atomic mass is 35.5. The molecular formula is C14H8ClN2O2S+. The number of nitrogens with zero attached hydrogens (tertiary/aromatic N) is 1. The predicted molar refractivity (Wildman–Crippen MR) is 76.2 cm³/mol. The molecule has 2 heterocycles. The first-order valence-electron chi connectivity index (χ1n) is 5.69. The largest absolute Gasteiger partial charge is 0.444 e. The monoisotopic (exact) mass is 303 g/mol. The number of aromatic amines is 1. The fourth-order valence-electron chi connectivity index (χ4n) is 1.62. The van der Waals surface area contributed by atoms with Gasteiger partial charge in [-0.05, 0) is 39.5 Å². The second-order valence-electron chi connectivity index (χ2n) is 3.87. The first kappa shape index (κ1) is 12.7. The van der Waals surface area contributed by atoms with Crippen LogP contribution < -0.4 is 10.3 Å². The average Bonchev–Trinajstić information content (AvgIpc) is 3.07. The molecule has 2 aromatic heterocycles. The first-order chi connectivity index (χ1) is 9.74. The smallest absolute Gasteiger partial charge is 0.281 e. The molecule has 0 saturated carbocycles. The maximum Gasteiger partial charge on any atom is 0.444 e. The minimum Gasteiger partial charge on any atom is -0.281 e. The van der Waals surface area contributed by atoms with E-state index in [9.17, 15) is 4.79 Å². The van der Waals surface area contributed by atoms with Gasteiger partial charge in [-0.25, -0.2) is 4.79 Å². The van der Waals surface area contributed by atoms with Crippen molar-refractivity contribution in [3.8, 4) is 17.5 Å². The zero-order valence-electron chi connectivity index (χ0n) is 10.1. The van der Waals surface area contributed by atoms with Crippen molar-refractivity contribution >= 4 is 22.9 Å². The van der Waals surface area contributed by atoms with Gasteiger partial charge in [0.05, 0.1) is 4.88 Å². The van der Waals surface area contributed by atoms with E-state index >= 15 is 0 Å². The molecule has 0 unspecified atom stereocenters. The lowest BCUT2D eigenvalue weighted by molar-refractivity contribution is -0.672. The van der Waals surface area contributed by atoms with Crippen LogP contribution in [0.1, 0.15) is 10.6 Å². The summed E-state index contributed by atoms with van der Waals surface area (Å²) < 4.78 is 6.29.